The van der Waals surface area contributed by atoms with E-state index in [1.54, 1.807) is 0 Å². The molecule has 1 unspecified atom stereocenters. The fourth-order valence-corrected chi connectivity index (χ4v) is 1.79. The molecule has 0 aliphatic heterocycles. The highest BCUT2D eigenvalue weighted by atomic mass is 14.6. The first-order valence-electron chi connectivity index (χ1n) is 5.81. The zero-order valence-electron chi connectivity index (χ0n) is 9.85. The van der Waals surface area contributed by atoms with E-state index in [0.717, 1.165) is 0 Å². The summed E-state index contributed by atoms with van der Waals surface area (Å²) in [5, 5.41) is 0. The van der Waals surface area contributed by atoms with Crippen molar-refractivity contribution in [2.24, 2.45) is 0 Å². The third-order valence-corrected chi connectivity index (χ3v) is 3.06. The highest BCUT2D eigenvalue weighted by molar-refractivity contribution is 5.63. The van der Waals surface area contributed by atoms with E-state index in [4.69, 9.17) is 0 Å². The molecule has 1 atom stereocenters. The topological polar surface area (TPSA) is 12.9 Å². The van der Waals surface area contributed by atoms with Crippen LogP contribution in [0, 0.1) is 0 Å². The van der Waals surface area contributed by atoms with Crippen LogP contribution in [0.2, 0.25) is 0 Å². The third-order valence-electron chi connectivity index (χ3n) is 3.06. The van der Waals surface area contributed by atoms with Crippen molar-refractivity contribution in [1.82, 2.24) is 4.98 Å². The Balaban J connectivity index is 2.36. The molecule has 0 radical (unpaired) electrons. The average molecular weight is 211 g/mol. The fourth-order valence-electron chi connectivity index (χ4n) is 1.79. The molecule has 1 aromatic heterocycles. The molecule has 0 spiro atoms. The van der Waals surface area contributed by atoms with E-state index in [1.165, 1.54) is 23.1 Å². The number of aromatic nitrogens is 1. The van der Waals surface area contributed by atoms with Crippen molar-refractivity contribution >= 4 is 0 Å². The highest BCUT2D eigenvalue weighted by Gasteiger charge is 2.04. The summed E-state index contributed by atoms with van der Waals surface area (Å²) in [5.41, 5.74) is 3.85. The molecule has 82 valence electrons. The molecule has 0 N–H and O–H groups in total. The van der Waals surface area contributed by atoms with Gasteiger partial charge in [-0.15, -0.1) is 0 Å². The lowest BCUT2D eigenvalue weighted by molar-refractivity contribution is 0.734. The Morgan fingerprint density at radius 3 is 2.62 bits per heavy atom. The monoisotopic (exact) mass is 211 g/mol. The standard InChI is InChI=1S/C15H17N/c1-3-12(2)13-6-4-7-14(10-13)15-8-5-9-16-11-15/h4-12H,3H2,1-2H3. The second-order valence-corrected chi connectivity index (χ2v) is 4.18. The maximum Gasteiger partial charge on any atom is 0.0346 e. The van der Waals surface area contributed by atoms with E-state index >= 15 is 0 Å². The van der Waals surface area contributed by atoms with Crippen LogP contribution in [0.25, 0.3) is 11.1 Å². The van der Waals surface area contributed by atoms with Gasteiger partial charge < -0.3 is 0 Å². The largest absolute Gasteiger partial charge is 0.264 e. The van der Waals surface area contributed by atoms with Gasteiger partial charge in [-0.05, 0) is 35.1 Å². The number of pyridine rings is 1. The zero-order chi connectivity index (χ0) is 11.4. The van der Waals surface area contributed by atoms with Crippen LogP contribution in [0.5, 0.6) is 0 Å². The summed E-state index contributed by atoms with van der Waals surface area (Å²) in [4.78, 5) is 4.16. The molecule has 0 saturated heterocycles. The van der Waals surface area contributed by atoms with E-state index in [2.05, 4.69) is 49.2 Å². The molecule has 2 rings (SSSR count). The van der Waals surface area contributed by atoms with Crippen molar-refractivity contribution < 1.29 is 0 Å². The maximum atomic E-state index is 4.16. The van der Waals surface area contributed by atoms with Gasteiger partial charge in [-0.3, -0.25) is 4.98 Å². The van der Waals surface area contributed by atoms with Crippen LogP contribution in [0.1, 0.15) is 31.7 Å². The van der Waals surface area contributed by atoms with Crippen LogP contribution in [-0.2, 0) is 0 Å². The van der Waals surface area contributed by atoms with Gasteiger partial charge in [0.2, 0.25) is 0 Å². The first-order valence-corrected chi connectivity index (χ1v) is 5.81. The van der Waals surface area contributed by atoms with Gasteiger partial charge in [0.1, 0.15) is 0 Å². The molecule has 1 heteroatoms. The minimum absolute atomic E-state index is 0.622. The summed E-state index contributed by atoms with van der Waals surface area (Å²) in [6, 6.07) is 12.8. The second-order valence-electron chi connectivity index (χ2n) is 4.18. The van der Waals surface area contributed by atoms with Gasteiger partial charge in [0, 0.05) is 12.4 Å². The number of nitrogens with zero attached hydrogens (tertiary/aromatic N) is 1. The van der Waals surface area contributed by atoms with Crippen LogP contribution in [0.4, 0.5) is 0 Å². The molecule has 16 heavy (non-hydrogen) atoms. The Kier molecular flexibility index (Phi) is 3.35. The molecule has 0 aliphatic rings. The third kappa shape index (κ3) is 2.30. The van der Waals surface area contributed by atoms with Crippen molar-refractivity contribution in [2.45, 2.75) is 26.2 Å². The summed E-state index contributed by atoms with van der Waals surface area (Å²) in [5.74, 6) is 0.622. The van der Waals surface area contributed by atoms with Crippen LogP contribution in [0.3, 0.4) is 0 Å². The van der Waals surface area contributed by atoms with Gasteiger partial charge in [-0.2, -0.15) is 0 Å². The molecule has 1 nitrogen and oxygen atoms in total. The molecule has 1 aromatic carbocycles. The Morgan fingerprint density at radius 1 is 1.12 bits per heavy atom. The van der Waals surface area contributed by atoms with Crippen molar-refractivity contribution in [2.75, 3.05) is 0 Å². The Hall–Kier alpha value is -1.63. The lowest BCUT2D eigenvalue weighted by Gasteiger charge is -2.10. The SMILES string of the molecule is CCC(C)c1cccc(-c2cccnc2)c1. The first kappa shape index (κ1) is 10.9. The Labute approximate surface area is 97.2 Å². The van der Waals surface area contributed by atoms with Crippen LogP contribution < -0.4 is 0 Å². The van der Waals surface area contributed by atoms with Crippen LogP contribution >= 0.6 is 0 Å². The second kappa shape index (κ2) is 4.93. The lowest BCUT2D eigenvalue weighted by Crippen LogP contribution is -1.91. The van der Waals surface area contributed by atoms with Gasteiger partial charge in [-0.1, -0.05) is 44.2 Å². The molecule has 0 amide bonds. The number of rotatable bonds is 3. The maximum absolute atomic E-state index is 4.16. The molecule has 0 saturated carbocycles. The van der Waals surface area contributed by atoms with Crippen molar-refractivity contribution in [3.8, 4) is 11.1 Å². The Morgan fingerprint density at radius 2 is 1.94 bits per heavy atom. The van der Waals surface area contributed by atoms with E-state index in [0.29, 0.717) is 5.92 Å². The highest BCUT2D eigenvalue weighted by Crippen LogP contribution is 2.24. The normalized spacial score (nSPS) is 12.4. The van der Waals surface area contributed by atoms with E-state index < -0.39 is 0 Å². The van der Waals surface area contributed by atoms with E-state index in [1.807, 2.05) is 18.5 Å². The smallest absolute Gasteiger partial charge is 0.0346 e. The zero-order valence-corrected chi connectivity index (χ0v) is 9.85. The fraction of sp³-hybridized carbons (Fsp3) is 0.267. The molecular weight excluding hydrogens is 194 g/mol. The molecule has 0 aliphatic carbocycles. The van der Waals surface area contributed by atoms with Crippen molar-refractivity contribution in [1.29, 1.82) is 0 Å². The van der Waals surface area contributed by atoms with Gasteiger partial charge in [0.05, 0.1) is 0 Å². The van der Waals surface area contributed by atoms with Gasteiger partial charge in [0.15, 0.2) is 0 Å². The summed E-state index contributed by atoms with van der Waals surface area (Å²) in [6.45, 7) is 4.49. The Bertz CT molecular complexity index is 448. The number of benzene rings is 1. The van der Waals surface area contributed by atoms with Crippen LogP contribution in [0.15, 0.2) is 48.8 Å². The van der Waals surface area contributed by atoms with Gasteiger partial charge in [0.25, 0.3) is 0 Å². The van der Waals surface area contributed by atoms with E-state index in [-0.39, 0.29) is 0 Å². The summed E-state index contributed by atoms with van der Waals surface area (Å²) in [6.07, 6.45) is 4.90. The predicted octanol–water partition coefficient (Wildman–Crippen LogP) is 4.26. The summed E-state index contributed by atoms with van der Waals surface area (Å²) < 4.78 is 0. The predicted molar refractivity (Wildman–Crippen MR) is 68.4 cm³/mol. The van der Waals surface area contributed by atoms with Crippen LogP contribution in [-0.4, -0.2) is 4.98 Å². The van der Waals surface area contributed by atoms with Crippen molar-refractivity contribution in [3.05, 3.63) is 54.4 Å². The molecule has 0 fully saturated rings. The summed E-state index contributed by atoms with van der Waals surface area (Å²) >= 11 is 0. The minimum atomic E-state index is 0.622. The first-order chi connectivity index (χ1) is 7.81. The van der Waals surface area contributed by atoms with E-state index in [9.17, 15) is 0 Å². The lowest BCUT2D eigenvalue weighted by atomic mass is 9.95. The molecule has 0 bridgehead atoms. The molecule has 2 aromatic rings. The van der Waals surface area contributed by atoms with Gasteiger partial charge >= 0.3 is 0 Å². The van der Waals surface area contributed by atoms with Gasteiger partial charge in [-0.25, -0.2) is 0 Å². The quantitative estimate of drug-likeness (QED) is 0.739. The van der Waals surface area contributed by atoms with Crippen molar-refractivity contribution in [3.63, 3.8) is 0 Å². The minimum Gasteiger partial charge on any atom is -0.264 e. The summed E-state index contributed by atoms with van der Waals surface area (Å²) in [7, 11) is 0. The molecule has 1 heterocycles. The average Bonchev–Trinajstić information content (AvgIpc) is 2.39. The number of hydrogen-bond donors (Lipinski definition) is 0. The molecular formula is C15H17N. The number of hydrogen-bond acceptors (Lipinski definition) is 1.